The number of benzene rings is 2. The fraction of sp³-hybridized carbons (Fsp3) is 0.115. The second-order valence-corrected chi connectivity index (χ2v) is 7.39. The smallest absolute Gasteiger partial charge is 0.301 e. The van der Waals surface area contributed by atoms with Crippen molar-refractivity contribution in [2.24, 2.45) is 0 Å². The molecule has 0 aliphatic carbocycles. The lowest BCUT2D eigenvalue weighted by Crippen LogP contribution is -2.30. The van der Waals surface area contributed by atoms with E-state index in [-0.39, 0.29) is 11.3 Å². The van der Waals surface area contributed by atoms with Gasteiger partial charge in [0.25, 0.3) is 5.78 Å². The summed E-state index contributed by atoms with van der Waals surface area (Å²) >= 11 is 0. The van der Waals surface area contributed by atoms with Crippen molar-refractivity contribution in [3.05, 3.63) is 108 Å². The van der Waals surface area contributed by atoms with E-state index in [0.717, 1.165) is 5.56 Å². The highest BCUT2D eigenvalue weighted by Gasteiger charge is 2.47. The molecule has 1 amide bonds. The standard InChI is InChI=1S/C26H22N2O4/c1-3-16-32-20-13-11-19(12-14-20)24(29)22-23(18-9-7-17(2)8-10-18)28(26(31)25(22)30)21-6-4-5-15-27-21/h3-15,23,29H,1,16H2,2H3. The number of ether oxygens (including phenoxy) is 1. The number of rotatable bonds is 6. The Labute approximate surface area is 186 Å². The van der Waals surface area contributed by atoms with E-state index < -0.39 is 17.7 Å². The minimum absolute atomic E-state index is 0.0178. The number of aryl methyl sites for hydroxylation is 1. The van der Waals surface area contributed by atoms with Crippen LogP contribution in [0.1, 0.15) is 22.7 Å². The van der Waals surface area contributed by atoms with Crippen LogP contribution in [0.2, 0.25) is 0 Å². The van der Waals surface area contributed by atoms with Gasteiger partial charge in [-0.3, -0.25) is 14.5 Å². The fourth-order valence-electron chi connectivity index (χ4n) is 3.65. The second kappa shape index (κ2) is 8.89. The Hall–Kier alpha value is -4.19. The summed E-state index contributed by atoms with van der Waals surface area (Å²) in [6.45, 7) is 5.92. The first-order valence-corrected chi connectivity index (χ1v) is 10.1. The molecule has 1 saturated heterocycles. The Bertz CT molecular complexity index is 1180. The number of ketones is 1. The van der Waals surface area contributed by atoms with Gasteiger partial charge in [-0.15, -0.1) is 0 Å². The largest absolute Gasteiger partial charge is 0.507 e. The topological polar surface area (TPSA) is 79.7 Å². The van der Waals surface area contributed by atoms with Gasteiger partial charge < -0.3 is 9.84 Å². The molecule has 6 heteroatoms. The number of nitrogens with zero attached hydrogens (tertiary/aromatic N) is 2. The highest BCUT2D eigenvalue weighted by molar-refractivity contribution is 6.51. The van der Waals surface area contributed by atoms with Gasteiger partial charge in [0.2, 0.25) is 0 Å². The molecule has 1 aliphatic heterocycles. The van der Waals surface area contributed by atoms with Gasteiger partial charge in [-0.05, 0) is 48.9 Å². The van der Waals surface area contributed by atoms with Crippen molar-refractivity contribution in [3.8, 4) is 5.75 Å². The maximum Gasteiger partial charge on any atom is 0.301 e. The molecular formula is C26H22N2O4. The number of carbonyl (C=O) groups excluding carboxylic acids is 2. The first-order chi connectivity index (χ1) is 15.5. The molecule has 0 bridgehead atoms. The zero-order valence-electron chi connectivity index (χ0n) is 17.6. The molecule has 1 aliphatic rings. The Morgan fingerprint density at radius 3 is 2.44 bits per heavy atom. The predicted octanol–water partition coefficient (Wildman–Crippen LogP) is 4.58. The molecule has 160 valence electrons. The maximum absolute atomic E-state index is 13.1. The number of carbonyl (C=O) groups is 2. The molecule has 1 atom stereocenters. The molecule has 0 saturated carbocycles. The SMILES string of the molecule is C=CCOc1ccc(C(O)=C2C(=O)C(=O)N(c3ccccn3)C2c2ccc(C)cc2)cc1. The van der Waals surface area contributed by atoms with Gasteiger partial charge in [0, 0.05) is 11.8 Å². The molecule has 3 aromatic rings. The van der Waals surface area contributed by atoms with Crippen molar-refractivity contribution < 1.29 is 19.4 Å². The van der Waals surface area contributed by atoms with Gasteiger partial charge in [-0.1, -0.05) is 48.6 Å². The minimum atomic E-state index is -0.804. The zero-order chi connectivity index (χ0) is 22.7. The van der Waals surface area contributed by atoms with E-state index in [2.05, 4.69) is 11.6 Å². The molecule has 1 fully saturated rings. The molecule has 1 unspecified atom stereocenters. The van der Waals surface area contributed by atoms with Crippen molar-refractivity contribution in [2.45, 2.75) is 13.0 Å². The Morgan fingerprint density at radius 1 is 1.09 bits per heavy atom. The Morgan fingerprint density at radius 2 is 1.81 bits per heavy atom. The fourth-order valence-corrected chi connectivity index (χ4v) is 3.65. The molecular weight excluding hydrogens is 404 g/mol. The first-order valence-electron chi connectivity index (χ1n) is 10.1. The van der Waals surface area contributed by atoms with E-state index >= 15 is 0 Å². The van der Waals surface area contributed by atoms with Crippen molar-refractivity contribution in [2.75, 3.05) is 11.5 Å². The van der Waals surface area contributed by atoms with Crippen LogP contribution in [0.4, 0.5) is 5.82 Å². The van der Waals surface area contributed by atoms with Crippen molar-refractivity contribution in [1.82, 2.24) is 4.98 Å². The number of anilines is 1. The van der Waals surface area contributed by atoms with Gasteiger partial charge in [0.15, 0.2) is 0 Å². The summed E-state index contributed by atoms with van der Waals surface area (Å²) in [4.78, 5) is 31.7. The molecule has 32 heavy (non-hydrogen) atoms. The number of amides is 1. The summed E-state index contributed by atoms with van der Waals surface area (Å²) in [6, 6.07) is 18.5. The molecule has 4 rings (SSSR count). The molecule has 0 radical (unpaired) electrons. The average molecular weight is 426 g/mol. The van der Waals surface area contributed by atoms with Crippen LogP contribution in [0.3, 0.4) is 0 Å². The second-order valence-electron chi connectivity index (χ2n) is 7.39. The quantitative estimate of drug-likeness (QED) is 0.270. The number of Topliss-reactive ketones (excluding diaryl/α,β-unsaturated/α-hetero) is 1. The van der Waals surface area contributed by atoms with Gasteiger partial charge in [-0.25, -0.2) is 4.98 Å². The van der Waals surface area contributed by atoms with Crippen LogP contribution < -0.4 is 9.64 Å². The molecule has 2 aromatic carbocycles. The van der Waals surface area contributed by atoms with Gasteiger partial charge in [0.05, 0.1) is 11.6 Å². The third-order valence-electron chi connectivity index (χ3n) is 5.23. The van der Waals surface area contributed by atoms with Crippen LogP contribution in [-0.2, 0) is 9.59 Å². The van der Waals surface area contributed by atoms with E-state index in [0.29, 0.717) is 29.3 Å². The summed E-state index contributed by atoms with van der Waals surface area (Å²) in [5.74, 6) is -0.798. The molecule has 1 N–H and O–H groups in total. The van der Waals surface area contributed by atoms with E-state index in [1.165, 1.54) is 4.90 Å². The molecule has 1 aromatic heterocycles. The van der Waals surface area contributed by atoms with Crippen molar-refractivity contribution in [3.63, 3.8) is 0 Å². The number of pyridine rings is 1. The lowest BCUT2D eigenvalue weighted by atomic mass is 9.94. The highest BCUT2D eigenvalue weighted by atomic mass is 16.5. The van der Waals surface area contributed by atoms with Crippen LogP contribution in [0.25, 0.3) is 5.76 Å². The van der Waals surface area contributed by atoms with Crippen molar-refractivity contribution >= 4 is 23.3 Å². The van der Waals surface area contributed by atoms with Crippen LogP contribution >= 0.6 is 0 Å². The maximum atomic E-state index is 13.1. The lowest BCUT2D eigenvalue weighted by molar-refractivity contribution is -0.132. The summed E-state index contributed by atoms with van der Waals surface area (Å²) < 4.78 is 5.48. The summed E-state index contributed by atoms with van der Waals surface area (Å²) in [7, 11) is 0. The van der Waals surface area contributed by atoms with Crippen LogP contribution in [0.15, 0.2) is 91.2 Å². The minimum Gasteiger partial charge on any atom is -0.507 e. The van der Waals surface area contributed by atoms with E-state index in [1.54, 1.807) is 54.7 Å². The number of hydrogen-bond donors (Lipinski definition) is 1. The number of hydrogen-bond acceptors (Lipinski definition) is 5. The van der Waals surface area contributed by atoms with E-state index in [1.807, 2.05) is 31.2 Å². The zero-order valence-corrected chi connectivity index (χ0v) is 17.6. The summed E-state index contributed by atoms with van der Waals surface area (Å²) in [5, 5.41) is 11.1. The Balaban J connectivity index is 1.84. The number of aliphatic hydroxyl groups excluding tert-OH is 1. The molecule has 0 spiro atoms. The van der Waals surface area contributed by atoms with Gasteiger partial charge in [0.1, 0.15) is 23.9 Å². The van der Waals surface area contributed by atoms with Crippen molar-refractivity contribution in [1.29, 1.82) is 0 Å². The summed E-state index contributed by atoms with van der Waals surface area (Å²) in [6.07, 6.45) is 3.19. The third kappa shape index (κ3) is 3.90. The van der Waals surface area contributed by atoms with Crippen LogP contribution in [-0.4, -0.2) is 28.4 Å². The molecule has 6 nitrogen and oxygen atoms in total. The lowest BCUT2D eigenvalue weighted by Gasteiger charge is -2.24. The highest BCUT2D eigenvalue weighted by Crippen LogP contribution is 2.41. The monoisotopic (exact) mass is 426 g/mol. The predicted molar refractivity (Wildman–Crippen MR) is 122 cm³/mol. The number of aromatic nitrogens is 1. The van der Waals surface area contributed by atoms with E-state index in [4.69, 9.17) is 4.74 Å². The van der Waals surface area contributed by atoms with Crippen LogP contribution in [0.5, 0.6) is 5.75 Å². The first kappa shape index (κ1) is 21.1. The van der Waals surface area contributed by atoms with Gasteiger partial charge in [-0.2, -0.15) is 0 Å². The molecule has 2 heterocycles. The number of aliphatic hydroxyl groups is 1. The van der Waals surface area contributed by atoms with E-state index in [9.17, 15) is 14.7 Å². The van der Waals surface area contributed by atoms with Gasteiger partial charge >= 0.3 is 5.91 Å². The normalized spacial score (nSPS) is 17.4. The Kier molecular flexibility index (Phi) is 5.85. The average Bonchev–Trinajstić information content (AvgIpc) is 3.09. The van der Waals surface area contributed by atoms with Crippen LogP contribution in [0, 0.1) is 6.92 Å². The summed E-state index contributed by atoms with van der Waals surface area (Å²) in [5.41, 5.74) is 2.17. The third-order valence-corrected chi connectivity index (χ3v) is 5.23.